The van der Waals surface area contributed by atoms with Crippen LogP contribution in [0.2, 0.25) is 0 Å². The smallest absolute Gasteiger partial charge is 0.0427 e. The van der Waals surface area contributed by atoms with E-state index in [0.29, 0.717) is 12.1 Å². The van der Waals surface area contributed by atoms with E-state index in [1.807, 2.05) is 0 Å². The van der Waals surface area contributed by atoms with Crippen LogP contribution in [0.1, 0.15) is 25.8 Å². The fourth-order valence-corrected chi connectivity index (χ4v) is 1.99. The predicted octanol–water partition coefficient (Wildman–Crippen LogP) is 2.41. The van der Waals surface area contributed by atoms with Gasteiger partial charge in [0.1, 0.15) is 0 Å². The molecule has 2 N–H and O–H groups in total. The minimum Gasteiger partial charge on any atom is -0.380 e. The molecule has 2 nitrogen and oxygen atoms in total. The van der Waals surface area contributed by atoms with Crippen molar-refractivity contribution in [3.8, 4) is 0 Å². The van der Waals surface area contributed by atoms with Gasteiger partial charge in [0, 0.05) is 24.3 Å². The zero-order chi connectivity index (χ0) is 10.7. The summed E-state index contributed by atoms with van der Waals surface area (Å²) in [5.41, 5.74) is 2.77. The maximum Gasteiger partial charge on any atom is 0.0427 e. The first-order chi connectivity index (χ1) is 7.29. The second kappa shape index (κ2) is 4.67. The molecule has 15 heavy (non-hydrogen) atoms. The molecule has 0 saturated heterocycles. The van der Waals surface area contributed by atoms with E-state index in [2.05, 4.69) is 48.7 Å². The van der Waals surface area contributed by atoms with Crippen molar-refractivity contribution in [1.29, 1.82) is 0 Å². The Morgan fingerprint density at radius 2 is 2.27 bits per heavy atom. The maximum atomic E-state index is 3.55. The molecular formula is C13H20N2. The summed E-state index contributed by atoms with van der Waals surface area (Å²) in [5.74, 6) is 0. The van der Waals surface area contributed by atoms with E-state index in [1.165, 1.54) is 17.7 Å². The fraction of sp³-hybridized carbons (Fsp3) is 0.538. The topological polar surface area (TPSA) is 24.1 Å². The molecule has 0 bridgehead atoms. The van der Waals surface area contributed by atoms with Crippen LogP contribution < -0.4 is 10.6 Å². The number of hydrogen-bond donors (Lipinski definition) is 2. The van der Waals surface area contributed by atoms with Gasteiger partial charge in [-0.1, -0.05) is 25.1 Å². The van der Waals surface area contributed by atoms with Gasteiger partial charge in [0.05, 0.1) is 0 Å². The summed E-state index contributed by atoms with van der Waals surface area (Å²) >= 11 is 0. The molecule has 2 heteroatoms. The molecule has 2 rings (SSSR count). The number of benzene rings is 1. The summed E-state index contributed by atoms with van der Waals surface area (Å²) in [6.07, 6.45) is 2.35. The highest BCUT2D eigenvalue weighted by atomic mass is 15.0. The second-order valence-electron chi connectivity index (χ2n) is 4.42. The van der Waals surface area contributed by atoms with E-state index in [4.69, 9.17) is 0 Å². The summed E-state index contributed by atoms with van der Waals surface area (Å²) < 4.78 is 0. The zero-order valence-electron chi connectivity index (χ0n) is 9.59. The van der Waals surface area contributed by atoms with Crippen molar-refractivity contribution in [2.45, 2.75) is 38.8 Å². The third-order valence-corrected chi connectivity index (χ3v) is 3.17. The van der Waals surface area contributed by atoms with Crippen LogP contribution >= 0.6 is 0 Å². The van der Waals surface area contributed by atoms with Gasteiger partial charge < -0.3 is 10.6 Å². The van der Waals surface area contributed by atoms with Gasteiger partial charge in [0.25, 0.3) is 0 Å². The van der Waals surface area contributed by atoms with E-state index in [0.717, 1.165) is 13.0 Å². The van der Waals surface area contributed by atoms with Crippen LogP contribution in [-0.2, 0) is 6.42 Å². The summed E-state index contributed by atoms with van der Waals surface area (Å²) in [7, 11) is 0. The minimum atomic E-state index is 0.566. The Hall–Kier alpha value is -1.02. The first-order valence-electron chi connectivity index (χ1n) is 5.87. The molecule has 82 valence electrons. The molecule has 0 spiro atoms. The summed E-state index contributed by atoms with van der Waals surface area (Å²) in [6, 6.07) is 9.78. The lowest BCUT2D eigenvalue weighted by atomic mass is 10.1. The molecule has 1 heterocycles. The number of hydrogen-bond acceptors (Lipinski definition) is 2. The lowest BCUT2D eigenvalue weighted by molar-refractivity contribution is 0.509. The second-order valence-corrected chi connectivity index (χ2v) is 4.42. The SMILES string of the molecule is CCC(C)NCC1Cc2ccccc2N1. The fourth-order valence-electron chi connectivity index (χ4n) is 1.99. The molecule has 0 amide bonds. The van der Waals surface area contributed by atoms with E-state index < -0.39 is 0 Å². The maximum absolute atomic E-state index is 3.55. The molecule has 1 aliphatic heterocycles. The third kappa shape index (κ3) is 2.51. The van der Waals surface area contributed by atoms with Gasteiger partial charge in [-0.3, -0.25) is 0 Å². The molecule has 1 aromatic carbocycles. The first-order valence-corrected chi connectivity index (χ1v) is 5.87. The molecule has 0 fully saturated rings. The Bertz CT molecular complexity index is 297. The standard InChI is InChI=1S/C13H20N2/c1-3-10(2)14-9-12-8-11-6-4-5-7-13(11)15-12/h4-7,10,12,14-15H,3,8-9H2,1-2H3. The van der Waals surface area contributed by atoms with Crippen molar-refractivity contribution in [3.05, 3.63) is 29.8 Å². The van der Waals surface area contributed by atoms with Crippen molar-refractivity contribution < 1.29 is 0 Å². The Balaban J connectivity index is 1.85. The molecule has 1 aliphatic rings. The molecule has 0 radical (unpaired) electrons. The van der Waals surface area contributed by atoms with Crippen LogP contribution in [0.4, 0.5) is 5.69 Å². The van der Waals surface area contributed by atoms with Crippen LogP contribution in [0.25, 0.3) is 0 Å². The minimum absolute atomic E-state index is 0.566. The quantitative estimate of drug-likeness (QED) is 0.787. The van der Waals surface area contributed by atoms with E-state index in [1.54, 1.807) is 0 Å². The summed E-state index contributed by atoms with van der Waals surface area (Å²) in [5, 5.41) is 7.10. The van der Waals surface area contributed by atoms with Crippen molar-refractivity contribution in [3.63, 3.8) is 0 Å². The van der Waals surface area contributed by atoms with Crippen LogP contribution in [0.3, 0.4) is 0 Å². The highest BCUT2D eigenvalue weighted by Gasteiger charge is 2.19. The predicted molar refractivity (Wildman–Crippen MR) is 65.3 cm³/mol. The van der Waals surface area contributed by atoms with E-state index >= 15 is 0 Å². The van der Waals surface area contributed by atoms with Gasteiger partial charge in [0.15, 0.2) is 0 Å². The number of nitrogens with one attached hydrogen (secondary N) is 2. The zero-order valence-corrected chi connectivity index (χ0v) is 9.59. The summed E-state index contributed by atoms with van der Waals surface area (Å²) in [4.78, 5) is 0. The Morgan fingerprint density at radius 1 is 1.47 bits per heavy atom. The molecular weight excluding hydrogens is 184 g/mol. The highest BCUT2D eigenvalue weighted by Crippen LogP contribution is 2.24. The molecule has 0 saturated carbocycles. The lowest BCUT2D eigenvalue weighted by Gasteiger charge is -2.16. The molecule has 2 unspecified atom stereocenters. The Morgan fingerprint density at radius 3 is 3.00 bits per heavy atom. The van der Waals surface area contributed by atoms with Gasteiger partial charge in [0.2, 0.25) is 0 Å². The van der Waals surface area contributed by atoms with Gasteiger partial charge in [-0.2, -0.15) is 0 Å². The van der Waals surface area contributed by atoms with Crippen LogP contribution in [0.15, 0.2) is 24.3 Å². The van der Waals surface area contributed by atoms with Gasteiger partial charge in [-0.25, -0.2) is 0 Å². The first kappa shape index (κ1) is 10.5. The highest BCUT2D eigenvalue weighted by molar-refractivity contribution is 5.56. The van der Waals surface area contributed by atoms with E-state index in [9.17, 15) is 0 Å². The van der Waals surface area contributed by atoms with Crippen molar-refractivity contribution >= 4 is 5.69 Å². The number of para-hydroxylation sites is 1. The largest absolute Gasteiger partial charge is 0.380 e. The molecule has 1 aromatic rings. The normalized spacial score (nSPS) is 20.8. The average Bonchev–Trinajstić information content (AvgIpc) is 2.68. The average molecular weight is 204 g/mol. The number of anilines is 1. The van der Waals surface area contributed by atoms with Crippen LogP contribution in [0, 0.1) is 0 Å². The van der Waals surface area contributed by atoms with Crippen LogP contribution in [-0.4, -0.2) is 18.6 Å². The van der Waals surface area contributed by atoms with Gasteiger partial charge in [-0.05, 0) is 31.4 Å². The Kier molecular flexibility index (Phi) is 3.27. The van der Waals surface area contributed by atoms with E-state index in [-0.39, 0.29) is 0 Å². The van der Waals surface area contributed by atoms with Crippen molar-refractivity contribution in [2.24, 2.45) is 0 Å². The lowest BCUT2D eigenvalue weighted by Crippen LogP contribution is -2.36. The monoisotopic (exact) mass is 204 g/mol. The Labute approximate surface area is 92.1 Å². The van der Waals surface area contributed by atoms with Crippen molar-refractivity contribution in [1.82, 2.24) is 5.32 Å². The van der Waals surface area contributed by atoms with Gasteiger partial charge >= 0.3 is 0 Å². The number of rotatable bonds is 4. The third-order valence-electron chi connectivity index (χ3n) is 3.17. The number of fused-ring (bicyclic) bond motifs is 1. The molecule has 0 aliphatic carbocycles. The van der Waals surface area contributed by atoms with Crippen LogP contribution in [0.5, 0.6) is 0 Å². The molecule has 0 aromatic heterocycles. The van der Waals surface area contributed by atoms with Gasteiger partial charge in [-0.15, -0.1) is 0 Å². The van der Waals surface area contributed by atoms with Crippen molar-refractivity contribution in [2.75, 3.05) is 11.9 Å². The summed E-state index contributed by atoms with van der Waals surface area (Å²) in [6.45, 7) is 5.51. The molecule has 2 atom stereocenters.